The van der Waals surface area contributed by atoms with E-state index in [1.807, 2.05) is 17.9 Å². The van der Waals surface area contributed by atoms with Gasteiger partial charge in [0.1, 0.15) is 5.69 Å². The van der Waals surface area contributed by atoms with E-state index in [0.717, 1.165) is 31.6 Å². The largest absolute Gasteiger partial charge is 0.351 e. The normalized spacial score (nSPS) is 14.9. The third-order valence-electron chi connectivity index (χ3n) is 3.98. The number of amides is 2. The van der Waals surface area contributed by atoms with Gasteiger partial charge in [0, 0.05) is 32.6 Å². The number of carbonyl (C=O) groups is 2. The predicted molar refractivity (Wildman–Crippen MR) is 84.8 cm³/mol. The van der Waals surface area contributed by atoms with Gasteiger partial charge in [0.05, 0.1) is 5.69 Å². The maximum Gasteiger partial charge on any atom is 0.269 e. The molecule has 122 valence electrons. The molecule has 22 heavy (non-hydrogen) atoms. The number of hydrogen-bond donors (Lipinski definition) is 1. The molecule has 1 aromatic rings. The van der Waals surface area contributed by atoms with E-state index in [1.54, 1.807) is 4.68 Å². The Labute approximate surface area is 131 Å². The van der Waals surface area contributed by atoms with Crippen LogP contribution in [0.25, 0.3) is 0 Å². The fraction of sp³-hybridized carbons (Fsp3) is 0.688. The van der Waals surface area contributed by atoms with Crippen molar-refractivity contribution in [3.8, 4) is 0 Å². The Morgan fingerprint density at radius 2 is 2.23 bits per heavy atom. The topological polar surface area (TPSA) is 67.2 Å². The quantitative estimate of drug-likeness (QED) is 0.781. The summed E-state index contributed by atoms with van der Waals surface area (Å²) >= 11 is 0. The second-order valence-corrected chi connectivity index (χ2v) is 6.02. The van der Waals surface area contributed by atoms with Gasteiger partial charge in [0.15, 0.2) is 0 Å². The summed E-state index contributed by atoms with van der Waals surface area (Å²) in [7, 11) is 0. The standard InChI is InChI=1S/C16H26N4O2/c1-4-20-14(11-13(18-20)12(2)3)16(22)17-8-6-10-19-9-5-7-15(19)21/h11-12H,4-10H2,1-3H3,(H,17,22). The van der Waals surface area contributed by atoms with Gasteiger partial charge in [-0.05, 0) is 31.7 Å². The van der Waals surface area contributed by atoms with Gasteiger partial charge in [-0.25, -0.2) is 0 Å². The molecule has 0 radical (unpaired) electrons. The molecule has 0 saturated carbocycles. The average Bonchev–Trinajstić information content (AvgIpc) is 3.09. The Morgan fingerprint density at radius 3 is 2.82 bits per heavy atom. The zero-order valence-corrected chi connectivity index (χ0v) is 13.8. The maximum atomic E-state index is 12.3. The minimum absolute atomic E-state index is 0.0889. The molecule has 0 bridgehead atoms. The highest BCUT2D eigenvalue weighted by Gasteiger charge is 2.19. The van der Waals surface area contributed by atoms with E-state index >= 15 is 0 Å². The molecule has 2 heterocycles. The zero-order valence-electron chi connectivity index (χ0n) is 13.8. The fourth-order valence-corrected chi connectivity index (χ4v) is 2.65. The smallest absolute Gasteiger partial charge is 0.269 e. The summed E-state index contributed by atoms with van der Waals surface area (Å²) in [4.78, 5) is 25.6. The first-order valence-corrected chi connectivity index (χ1v) is 8.16. The molecule has 2 rings (SSSR count). The minimum Gasteiger partial charge on any atom is -0.351 e. The van der Waals surface area contributed by atoms with Gasteiger partial charge in [-0.15, -0.1) is 0 Å². The Balaban J connectivity index is 1.83. The van der Waals surface area contributed by atoms with E-state index < -0.39 is 0 Å². The third kappa shape index (κ3) is 3.87. The summed E-state index contributed by atoms with van der Waals surface area (Å²) < 4.78 is 1.74. The van der Waals surface area contributed by atoms with Gasteiger partial charge in [-0.2, -0.15) is 5.10 Å². The van der Waals surface area contributed by atoms with E-state index in [4.69, 9.17) is 0 Å². The summed E-state index contributed by atoms with van der Waals surface area (Å²) in [6.45, 7) is 8.95. The summed E-state index contributed by atoms with van der Waals surface area (Å²) in [6, 6.07) is 1.87. The third-order valence-corrected chi connectivity index (χ3v) is 3.98. The maximum absolute atomic E-state index is 12.3. The van der Waals surface area contributed by atoms with Gasteiger partial charge >= 0.3 is 0 Å². The SMILES string of the molecule is CCn1nc(C(C)C)cc1C(=O)NCCCN1CCCC1=O. The first-order chi connectivity index (χ1) is 10.5. The molecule has 0 aliphatic carbocycles. The molecule has 1 saturated heterocycles. The number of carbonyl (C=O) groups excluding carboxylic acids is 2. The lowest BCUT2D eigenvalue weighted by atomic mass is 10.1. The number of nitrogens with one attached hydrogen (secondary N) is 1. The van der Waals surface area contributed by atoms with Crippen molar-refractivity contribution in [2.45, 2.75) is 52.5 Å². The van der Waals surface area contributed by atoms with Crippen molar-refractivity contribution in [1.29, 1.82) is 0 Å². The minimum atomic E-state index is -0.0889. The molecule has 0 aromatic carbocycles. The zero-order chi connectivity index (χ0) is 16.1. The molecule has 2 amide bonds. The van der Waals surface area contributed by atoms with Crippen molar-refractivity contribution in [2.75, 3.05) is 19.6 Å². The molecular weight excluding hydrogens is 280 g/mol. The molecule has 0 atom stereocenters. The van der Waals surface area contributed by atoms with Crippen molar-refractivity contribution in [1.82, 2.24) is 20.0 Å². The van der Waals surface area contributed by atoms with Crippen LogP contribution in [0.15, 0.2) is 6.07 Å². The summed E-state index contributed by atoms with van der Waals surface area (Å²) in [5.41, 5.74) is 1.55. The molecule has 0 unspecified atom stereocenters. The van der Waals surface area contributed by atoms with Crippen LogP contribution < -0.4 is 5.32 Å². The van der Waals surface area contributed by atoms with Crippen LogP contribution in [0.3, 0.4) is 0 Å². The van der Waals surface area contributed by atoms with Crippen LogP contribution in [0.2, 0.25) is 0 Å². The summed E-state index contributed by atoms with van der Waals surface area (Å²) in [5, 5.41) is 7.38. The summed E-state index contributed by atoms with van der Waals surface area (Å²) in [6.07, 6.45) is 2.41. The van der Waals surface area contributed by atoms with Crippen LogP contribution >= 0.6 is 0 Å². The number of likely N-dealkylation sites (tertiary alicyclic amines) is 1. The van der Waals surface area contributed by atoms with E-state index in [0.29, 0.717) is 31.1 Å². The highest BCUT2D eigenvalue weighted by Crippen LogP contribution is 2.14. The molecule has 1 aliphatic heterocycles. The highest BCUT2D eigenvalue weighted by atomic mass is 16.2. The molecule has 6 heteroatoms. The molecule has 1 fully saturated rings. The Bertz CT molecular complexity index is 536. The lowest BCUT2D eigenvalue weighted by Crippen LogP contribution is -2.31. The van der Waals surface area contributed by atoms with Crippen molar-refractivity contribution in [3.05, 3.63) is 17.5 Å². The van der Waals surface area contributed by atoms with Gasteiger partial charge < -0.3 is 10.2 Å². The fourth-order valence-electron chi connectivity index (χ4n) is 2.65. The molecule has 1 aromatic heterocycles. The van der Waals surface area contributed by atoms with Crippen molar-refractivity contribution in [2.24, 2.45) is 0 Å². The van der Waals surface area contributed by atoms with Crippen molar-refractivity contribution < 1.29 is 9.59 Å². The van der Waals surface area contributed by atoms with Crippen LogP contribution in [-0.4, -0.2) is 46.1 Å². The lowest BCUT2D eigenvalue weighted by molar-refractivity contribution is -0.127. The van der Waals surface area contributed by atoms with Gasteiger partial charge in [-0.3, -0.25) is 14.3 Å². The number of aromatic nitrogens is 2. The van der Waals surface area contributed by atoms with E-state index in [2.05, 4.69) is 24.3 Å². The first kappa shape index (κ1) is 16.5. The molecule has 1 aliphatic rings. The molecule has 0 spiro atoms. The number of rotatable bonds is 7. The number of nitrogens with zero attached hydrogens (tertiary/aromatic N) is 3. The van der Waals surface area contributed by atoms with Gasteiger partial charge in [0.2, 0.25) is 5.91 Å². The number of hydrogen-bond acceptors (Lipinski definition) is 3. The van der Waals surface area contributed by atoms with E-state index in [9.17, 15) is 9.59 Å². The van der Waals surface area contributed by atoms with Crippen LogP contribution in [0, 0.1) is 0 Å². The molecular formula is C16H26N4O2. The second-order valence-electron chi connectivity index (χ2n) is 6.02. The van der Waals surface area contributed by atoms with Gasteiger partial charge in [-0.1, -0.05) is 13.8 Å². The average molecular weight is 306 g/mol. The highest BCUT2D eigenvalue weighted by molar-refractivity contribution is 5.92. The second kappa shape index (κ2) is 7.42. The molecule has 6 nitrogen and oxygen atoms in total. The Hall–Kier alpha value is -1.85. The van der Waals surface area contributed by atoms with E-state index in [-0.39, 0.29) is 11.8 Å². The van der Waals surface area contributed by atoms with Crippen LogP contribution in [0.5, 0.6) is 0 Å². The van der Waals surface area contributed by atoms with E-state index in [1.165, 1.54) is 0 Å². The predicted octanol–water partition coefficient (Wildman–Crippen LogP) is 1.77. The monoisotopic (exact) mass is 306 g/mol. The first-order valence-electron chi connectivity index (χ1n) is 8.16. The van der Waals surface area contributed by atoms with Gasteiger partial charge in [0.25, 0.3) is 5.91 Å². The molecule has 1 N–H and O–H groups in total. The summed E-state index contributed by atoms with van der Waals surface area (Å²) in [5.74, 6) is 0.450. The Kier molecular flexibility index (Phi) is 5.57. The van der Waals surface area contributed by atoms with Crippen LogP contribution in [-0.2, 0) is 11.3 Å². The van der Waals surface area contributed by atoms with Crippen LogP contribution in [0.1, 0.15) is 62.1 Å². The Morgan fingerprint density at radius 1 is 1.45 bits per heavy atom. The van der Waals surface area contributed by atoms with Crippen LogP contribution in [0.4, 0.5) is 0 Å². The lowest BCUT2D eigenvalue weighted by Gasteiger charge is -2.15. The van der Waals surface area contributed by atoms with Crippen molar-refractivity contribution >= 4 is 11.8 Å². The number of aryl methyl sites for hydroxylation is 1. The van der Waals surface area contributed by atoms with Crippen molar-refractivity contribution in [3.63, 3.8) is 0 Å².